The Morgan fingerprint density at radius 3 is 2.63 bits per heavy atom. The van der Waals surface area contributed by atoms with Crippen molar-refractivity contribution in [2.75, 3.05) is 13.1 Å². The van der Waals surface area contributed by atoms with Crippen LogP contribution >= 0.6 is 0 Å². The van der Waals surface area contributed by atoms with E-state index in [1.54, 1.807) is 11.0 Å². The van der Waals surface area contributed by atoms with Crippen LogP contribution in [-0.2, 0) is 9.59 Å². The number of allylic oxidation sites excluding steroid dienone is 1. The Labute approximate surface area is 114 Å². The zero-order valence-corrected chi connectivity index (χ0v) is 11.4. The molecule has 1 aliphatic heterocycles. The molecule has 0 aromatic heterocycles. The van der Waals surface area contributed by atoms with Crippen LogP contribution in [0.15, 0.2) is 12.7 Å². The first-order valence-corrected chi connectivity index (χ1v) is 7.19. The molecule has 0 spiro atoms. The molecular formula is C15H23NO3. The van der Waals surface area contributed by atoms with E-state index >= 15 is 0 Å². The molecule has 1 atom stereocenters. The van der Waals surface area contributed by atoms with Crippen LogP contribution in [0.25, 0.3) is 0 Å². The Balaban J connectivity index is 1.99. The average Bonchev–Trinajstić information content (AvgIpc) is 2.34. The predicted octanol–water partition coefficient (Wildman–Crippen LogP) is 2.45. The summed E-state index contributed by atoms with van der Waals surface area (Å²) in [6.45, 7) is 4.71. The molecule has 1 amide bonds. The molecule has 0 unspecified atom stereocenters. The molecule has 1 heterocycles. The van der Waals surface area contributed by atoms with Crippen molar-refractivity contribution in [3.05, 3.63) is 12.7 Å². The molecule has 4 heteroatoms. The van der Waals surface area contributed by atoms with Gasteiger partial charge in [-0.15, -0.1) is 6.58 Å². The van der Waals surface area contributed by atoms with Crippen LogP contribution in [-0.4, -0.2) is 35.0 Å². The van der Waals surface area contributed by atoms with E-state index in [-0.39, 0.29) is 5.91 Å². The van der Waals surface area contributed by atoms with Gasteiger partial charge in [0.1, 0.15) is 0 Å². The lowest BCUT2D eigenvalue weighted by Crippen LogP contribution is -2.50. The molecule has 1 aliphatic carbocycles. The van der Waals surface area contributed by atoms with Crippen LogP contribution in [0.1, 0.15) is 44.9 Å². The molecule has 19 heavy (non-hydrogen) atoms. The molecule has 0 bridgehead atoms. The molecule has 106 valence electrons. The molecule has 1 saturated carbocycles. The van der Waals surface area contributed by atoms with E-state index < -0.39 is 11.4 Å². The summed E-state index contributed by atoms with van der Waals surface area (Å²) in [6, 6.07) is 0. The highest BCUT2D eigenvalue weighted by Crippen LogP contribution is 2.36. The van der Waals surface area contributed by atoms with Gasteiger partial charge in [-0.1, -0.05) is 12.5 Å². The van der Waals surface area contributed by atoms with Gasteiger partial charge >= 0.3 is 5.97 Å². The third kappa shape index (κ3) is 2.99. The Morgan fingerprint density at radius 1 is 1.37 bits per heavy atom. The van der Waals surface area contributed by atoms with E-state index in [0.717, 1.165) is 19.3 Å². The third-order valence-electron chi connectivity index (χ3n) is 4.61. The summed E-state index contributed by atoms with van der Waals surface area (Å²) in [5.41, 5.74) is -0.810. The summed E-state index contributed by atoms with van der Waals surface area (Å²) in [6.07, 6.45) is 7.64. The van der Waals surface area contributed by atoms with Crippen molar-refractivity contribution >= 4 is 11.9 Å². The number of carbonyl (C=O) groups is 2. The van der Waals surface area contributed by atoms with Crippen molar-refractivity contribution in [2.45, 2.75) is 44.9 Å². The van der Waals surface area contributed by atoms with Crippen molar-refractivity contribution in [3.63, 3.8) is 0 Å². The lowest BCUT2D eigenvalue weighted by Gasteiger charge is -2.40. The monoisotopic (exact) mass is 265 g/mol. The normalized spacial score (nSPS) is 27.7. The van der Waals surface area contributed by atoms with Crippen LogP contribution in [0.5, 0.6) is 0 Å². The molecular weight excluding hydrogens is 242 g/mol. The Hall–Kier alpha value is -1.32. The van der Waals surface area contributed by atoms with Crippen molar-refractivity contribution < 1.29 is 14.7 Å². The van der Waals surface area contributed by atoms with E-state index in [4.69, 9.17) is 0 Å². The number of amides is 1. The van der Waals surface area contributed by atoms with Crippen LogP contribution in [0, 0.1) is 11.3 Å². The Kier molecular flexibility index (Phi) is 4.27. The number of rotatable bonds is 5. The number of likely N-dealkylation sites (tertiary alicyclic amines) is 1. The number of hydrogen-bond acceptors (Lipinski definition) is 2. The smallest absolute Gasteiger partial charge is 0.311 e. The highest BCUT2D eigenvalue weighted by molar-refractivity contribution is 5.80. The average molecular weight is 265 g/mol. The highest BCUT2D eigenvalue weighted by atomic mass is 16.4. The fourth-order valence-corrected chi connectivity index (χ4v) is 3.12. The van der Waals surface area contributed by atoms with E-state index in [0.29, 0.717) is 38.3 Å². The van der Waals surface area contributed by atoms with Gasteiger partial charge in [0.15, 0.2) is 0 Å². The van der Waals surface area contributed by atoms with E-state index in [2.05, 4.69) is 6.58 Å². The van der Waals surface area contributed by atoms with E-state index in [1.807, 2.05) is 0 Å². The van der Waals surface area contributed by atoms with Gasteiger partial charge in [-0.3, -0.25) is 9.59 Å². The number of piperidine rings is 1. The molecule has 2 aliphatic rings. The number of aliphatic carboxylic acids is 1. The van der Waals surface area contributed by atoms with Crippen molar-refractivity contribution in [3.8, 4) is 0 Å². The second kappa shape index (κ2) is 5.76. The molecule has 0 aromatic rings. The van der Waals surface area contributed by atoms with Gasteiger partial charge in [0.25, 0.3) is 0 Å². The first kappa shape index (κ1) is 14.1. The third-order valence-corrected chi connectivity index (χ3v) is 4.61. The van der Waals surface area contributed by atoms with Gasteiger partial charge in [0, 0.05) is 19.5 Å². The summed E-state index contributed by atoms with van der Waals surface area (Å²) < 4.78 is 0. The number of nitrogens with zero attached hydrogens (tertiary/aromatic N) is 1. The topological polar surface area (TPSA) is 57.6 Å². The van der Waals surface area contributed by atoms with Gasteiger partial charge in [-0.05, 0) is 38.0 Å². The zero-order chi connectivity index (χ0) is 13.9. The second-order valence-corrected chi connectivity index (χ2v) is 6.00. The number of hydrogen-bond donors (Lipinski definition) is 1. The Bertz CT molecular complexity index is 376. The lowest BCUT2D eigenvalue weighted by molar-refractivity contribution is -0.155. The summed E-state index contributed by atoms with van der Waals surface area (Å²) in [7, 11) is 0. The molecule has 0 aromatic carbocycles. The van der Waals surface area contributed by atoms with Gasteiger partial charge in [0.2, 0.25) is 5.91 Å². The fraction of sp³-hybridized carbons (Fsp3) is 0.733. The van der Waals surface area contributed by atoms with Crippen LogP contribution in [0.4, 0.5) is 0 Å². The van der Waals surface area contributed by atoms with Gasteiger partial charge in [-0.2, -0.15) is 0 Å². The first-order valence-electron chi connectivity index (χ1n) is 7.19. The predicted molar refractivity (Wildman–Crippen MR) is 72.7 cm³/mol. The van der Waals surface area contributed by atoms with Crippen molar-refractivity contribution in [1.29, 1.82) is 0 Å². The number of carbonyl (C=O) groups excluding carboxylic acids is 1. The Morgan fingerprint density at radius 2 is 2.11 bits per heavy atom. The molecule has 4 nitrogen and oxygen atoms in total. The molecule has 2 rings (SSSR count). The van der Waals surface area contributed by atoms with E-state index in [9.17, 15) is 14.7 Å². The molecule has 1 N–H and O–H groups in total. The quantitative estimate of drug-likeness (QED) is 0.777. The lowest BCUT2D eigenvalue weighted by atomic mass is 9.76. The SMILES string of the molecule is C=CC[C@]1(C(=O)O)CCCN(C(=O)CC2CCC2)C1. The maximum Gasteiger partial charge on any atom is 0.311 e. The number of carboxylic acid groups (broad SMARTS) is 1. The minimum absolute atomic E-state index is 0.138. The second-order valence-electron chi connectivity index (χ2n) is 6.00. The number of carboxylic acids is 1. The summed E-state index contributed by atoms with van der Waals surface area (Å²) in [5.74, 6) is -0.124. The molecule has 0 radical (unpaired) electrons. The van der Waals surface area contributed by atoms with Gasteiger partial charge in [-0.25, -0.2) is 0 Å². The molecule has 2 fully saturated rings. The minimum atomic E-state index is -0.810. The highest BCUT2D eigenvalue weighted by Gasteiger charge is 2.42. The fourth-order valence-electron chi connectivity index (χ4n) is 3.12. The van der Waals surface area contributed by atoms with Crippen LogP contribution < -0.4 is 0 Å². The maximum absolute atomic E-state index is 12.2. The largest absolute Gasteiger partial charge is 0.481 e. The van der Waals surface area contributed by atoms with Crippen molar-refractivity contribution in [1.82, 2.24) is 4.90 Å². The van der Waals surface area contributed by atoms with Crippen molar-refractivity contribution in [2.24, 2.45) is 11.3 Å². The van der Waals surface area contributed by atoms with Gasteiger partial charge < -0.3 is 10.0 Å². The van der Waals surface area contributed by atoms with Gasteiger partial charge in [0.05, 0.1) is 5.41 Å². The summed E-state index contributed by atoms with van der Waals surface area (Å²) in [4.78, 5) is 25.5. The minimum Gasteiger partial charge on any atom is -0.481 e. The van der Waals surface area contributed by atoms with Crippen LogP contribution in [0.3, 0.4) is 0 Å². The maximum atomic E-state index is 12.2. The summed E-state index contributed by atoms with van der Waals surface area (Å²) in [5, 5.41) is 9.47. The first-order chi connectivity index (χ1) is 9.07. The van der Waals surface area contributed by atoms with E-state index in [1.165, 1.54) is 6.42 Å². The standard InChI is InChI=1S/C15H23NO3/c1-2-7-15(14(18)19)8-4-9-16(11-15)13(17)10-12-5-3-6-12/h2,12H,1,3-11H2,(H,18,19)/t15-/m0/s1. The molecule has 1 saturated heterocycles. The van der Waals surface area contributed by atoms with Crippen LogP contribution in [0.2, 0.25) is 0 Å². The summed E-state index contributed by atoms with van der Waals surface area (Å²) >= 11 is 0. The zero-order valence-electron chi connectivity index (χ0n) is 11.4.